The van der Waals surface area contributed by atoms with Crippen molar-refractivity contribution in [1.29, 1.82) is 0 Å². The molecule has 1 heterocycles. The fourth-order valence-electron chi connectivity index (χ4n) is 3.22. The van der Waals surface area contributed by atoms with Crippen LogP contribution in [0.25, 0.3) is 0 Å². The molecule has 1 aliphatic heterocycles. The minimum absolute atomic E-state index is 0.156. The van der Waals surface area contributed by atoms with Gasteiger partial charge in [0.1, 0.15) is 0 Å². The van der Waals surface area contributed by atoms with Gasteiger partial charge in [-0.3, -0.25) is 0 Å². The molecule has 0 aromatic heterocycles. The lowest BCUT2D eigenvalue weighted by atomic mass is 10.0. The second-order valence-corrected chi connectivity index (χ2v) is 5.16. The number of β-amino-alcohol motifs (C(OH)–C–C–N with tert-alkyl or cyclic N) is 1. The van der Waals surface area contributed by atoms with Gasteiger partial charge >= 0.3 is 0 Å². The third kappa shape index (κ3) is 2.05. The van der Waals surface area contributed by atoms with Gasteiger partial charge in [0.2, 0.25) is 0 Å². The van der Waals surface area contributed by atoms with Crippen molar-refractivity contribution in [2.75, 3.05) is 19.6 Å². The van der Waals surface area contributed by atoms with Crippen molar-refractivity contribution in [3.05, 3.63) is 0 Å². The largest absolute Gasteiger partial charge is 0.392 e. The monoisotopic (exact) mass is 183 g/mol. The fourth-order valence-corrected chi connectivity index (χ4v) is 3.22. The lowest BCUT2D eigenvalue weighted by molar-refractivity contribution is 0.135. The lowest BCUT2D eigenvalue weighted by Gasteiger charge is -2.18. The van der Waals surface area contributed by atoms with Crippen LogP contribution < -0.4 is 0 Å². The van der Waals surface area contributed by atoms with Gasteiger partial charge < -0.3 is 10.0 Å². The summed E-state index contributed by atoms with van der Waals surface area (Å²) in [6, 6.07) is 0. The van der Waals surface area contributed by atoms with Crippen LogP contribution in [0.5, 0.6) is 0 Å². The highest BCUT2D eigenvalue weighted by atomic mass is 16.3. The summed E-state index contributed by atoms with van der Waals surface area (Å²) in [6.45, 7) is 7.61. The first-order valence-electron chi connectivity index (χ1n) is 5.55. The minimum Gasteiger partial charge on any atom is -0.392 e. The van der Waals surface area contributed by atoms with E-state index in [1.54, 1.807) is 0 Å². The number of fused-ring (bicyclic) bond motifs is 1. The Morgan fingerprint density at radius 1 is 1.31 bits per heavy atom. The van der Waals surface area contributed by atoms with E-state index in [0.29, 0.717) is 0 Å². The maximum atomic E-state index is 9.29. The van der Waals surface area contributed by atoms with Gasteiger partial charge in [-0.1, -0.05) is 6.92 Å². The number of nitrogens with zero attached hydrogens (tertiary/aromatic N) is 1. The average Bonchev–Trinajstić information content (AvgIpc) is 2.41. The highest BCUT2D eigenvalue weighted by molar-refractivity contribution is 4.91. The third-order valence-corrected chi connectivity index (χ3v) is 3.58. The Balaban J connectivity index is 1.83. The summed E-state index contributed by atoms with van der Waals surface area (Å²) >= 11 is 0. The van der Waals surface area contributed by atoms with E-state index in [1.165, 1.54) is 25.9 Å². The molecule has 1 N–H and O–H groups in total. The first kappa shape index (κ1) is 9.47. The second kappa shape index (κ2) is 3.58. The van der Waals surface area contributed by atoms with Gasteiger partial charge in [0.05, 0.1) is 6.10 Å². The number of likely N-dealkylation sites (tertiary alicyclic amines) is 1. The molecule has 2 rings (SSSR count). The minimum atomic E-state index is -0.156. The number of rotatable bonds is 2. The van der Waals surface area contributed by atoms with Crippen molar-refractivity contribution in [3.63, 3.8) is 0 Å². The molecule has 2 nitrogen and oxygen atoms in total. The van der Waals surface area contributed by atoms with E-state index in [4.69, 9.17) is 0 Å². The van der Waals surface area contributed by atoms with Crippen LogP contribution in [0, 0.1) is 17.8 Å². The van der Waals surface area contributed by atoms with Crippen molar-refractivity contribution in [3.8, 4) is 0 Å². The van der Waals surface area contributed by atoms with Crippen LogP contribution in [0.2, 0.25) is 0 Å². The molecule has 1 saturated carbocycles. The van der Waals surface area contributed by atoms with Gasteiger partial charge in [0.15, 0.2) is 0 Å². The topological polar surface area (TPSA) is 23.5 Å². The molecule has 0 amide bonds. The van der Waals surface area contributed by atoms with Crippen LogP contribution in [0.3, 0.4) is 0 Å². The molecule has 0 bridgehead atoms. The zero-order valence-electron chi connectivity index (χ0n) is 8.74. The average molecular weight is 183 g/mol. The lowest BCUT2D eigenvalue weighted by Crippen LogP contribution is -2.29. The molecule has 1 unspecified atom stereocenters. The summed E-state index contributed by atoms with van der Waals surface area (Å²) in [4.78, 5) is 2.44. The summed E-state index contributed by atoms with van der Waals surface area (Å²) in [5, 5.41) is 9.29. The third-order valence-electron chi connectivity index (χ3n) is 3.58. The molecule has 0 spiro atoms. The molecule has 13 heavy (non-hydrogen) atoms. The quantitative estimate of drug-likeness (QED) is 0.698. The highest BCUT2D eigenvalue weighted by Gasteiger charge is 2.39. The summed E-state index contributed by atoms with van der Waals surface area (Å²) < 4.78 is 0. The molecule has 76 valence electrons. The zero-order valence-corrected chi connectivity index (χ0v) is 8.74. The van der Waals surface area contributed by atoms with Crippen molar-refractivity contribution in [2.24, 2.45) is 17.8 Å². The van der Waals surface area contributed by atoms with Crippen LogP contribution in [-0.2, 0) is 0 Å². The van der Waals surface area contributed by atoms with Crippen LogP contribution in [-0.4, -0.2) is 35.7 Å². The Labute approximate surface area is 80.9 Å². The number of aliphatic hydroxyl groups is 1. The number of aliphatic hydroxyl groups excluding tert-OH is 1. The van der Waals surface area contributed by atoms with E-state index in [9.17, 15) is 5.11 Å². The maximum absolute atomic E-state index is 9.29. The van der Waals surface area contributed by atoms with E-state index in [1.807, 2.05) is 6.92 Å². The number of hydrogen-bond acceptors (Lipinski definition) is 2. The molecule has 2 fully saturated rings. The van der Waals surface area contributed by atoms with Crippen LogP contribution >= 0.6 is 0 Å². The Bertz CT molecular complexity index is 167. The normalized spacial score (nSPS) is 42.2. The predicted molar refractivity (Wildman–Crippen MR) is 53.5 cm³/mol. The van der Waals surface area contributed by atoms with Gasteiger partial charge in [0, 0.05) is 19.6 Å². The van der Waals surface area contributed by atoms with Crippen molar-refractivity contribution in [1.82, 2.24) is 4.90 Å². The second-order valence-electron chi connectivity index (χ2n) is 5.16. The van der Waals surface area contributed by atoms with Gasteiger partial charge in [-0.25, -0.2) is 0 Å². The summed E-state index contributed by atoms with van der Waals surface area (Å²) in [6.07, 6.45) is 2.68. The Morgan fingerprint density at radius 2 is 1.85 bits per heavy atom. The maximum Gasteiger partial charge on any atom is 0.0639 e. The van der Waals surface area contributed by atoms with Gasteiger partial charge in [-0.2, -0.15) is 0 Å². The van der Waals surface area contributed by atoms with E-state index in [0.717, 1.165) is 24.3 Å². The van der Waals surface area contributed by atoms with E-state index < -0.39 is 0 Å². The SMILES string of the molecule is CC1C[C@@H]2CN(C[C@@H](C)O)C[C@@H]2C1. The predicted octanol–water partition coefficient (Wildman–Crippen LogP) is 1.35. The summed E-state index contributed by atoms with van der Waals surface area (Å²) in [7, 11) is 0. The highest BCUT2D eigenvalue weighted by Crippen LogP contribution is 2.40. The molecule has 2 aliphatic rings. The zero-order chi connectivity index (χ0) is 9.42. The summed E-state index contributed by atoms with van der Waals surface area (Å²) in [5.74, 6) is 2.83. The van der Waals surface area contributed by atoms with Crippen molar-refractivity contribution < 1.29 is 5.11 Å². The van der Waals surface area contributed by atoms with E-state index >= 15 is 0 Å². The first-order chi connectivity index (χ1) is 6.15. The Morgan fingerprint density at radius 3 is 2.31 bits per heavy atom. The molecule has 0 radical (unpaired) electrons. The Hall–Kier alpha value is -0.0800. The number of hydrogen-bond donors (Lipinski definition) is 1. The smallest absolute Gasteiger partial charge is 0.0639 e. The molecule has 1 saturated heterocycles. The van der Waals surface area contributed by atoms with Crippen molar-refractivity contribution in [2.45, 2.75) is 32.8 Å². The molecule has 4 atom stereocenters. The van der Waals surface area contributed by atoms with Crippen LogP contribution in [0.1, 0.15) is 26.7 Å². The Kier molecular flexibility index (Phi) is 2.61. The first-order valence-corrected chi connectivity index (χ1v) is 5.55. The molecule has 0 aromatic carbocycles. The van der Waals surface area contributed by atoms with Gasteiger partial charge in [-0.05, 0) is 37.5 Å². The van der Waals surface area contributed by atoms with E-state index in [2.05, 4.69) is 11.8 Å². The molecule has 0 aromatic rings. The summed E-state index contributed by atoms with van der Waals surface area (Å²) in [5.41, 5.74) is 0. The standard InChI is InChI=1S/C11H21NO/c1-8-3-10-6-12(5-9(2)13)7-11(10)4-8/h8-11,13H,3-7H2,1-2H3/t8?,9-,10-,11+/m1/s1. The molecular formula is C11H21NO. The van der Waals surface area contributed by atoms with Crippen LogP contribution in [0.15, 0.2) is 0 Å². The van der Waals surface area contributed by atoms with Gasteiger partial charge in [0.25, 0.3) is 0 Å². The molecule has 2 heteroatoms. The molecule has 1 aliphatic carbocycles. The van der Waals surface area contributed by atoms with Crippen LogP contribution in [0.4, 0.5) is 0 Å². The fraction of sp³-hybridized carbons (Fsp3) is 1.00. The van der Waals surface area contributed by atoms with Gasteiger partial charge in [-0.15, -0.1) is 0 Å². The van der Waals surface area contributed by atoms with E-state index in [-0.39, 0.29) is 6.10 Å². The van der Waals surface area contributed by atoms with Crippen molar-refractivity contribution >= 4 is 0 Å². The molecular weight excluding hydrogens is 162 g/mol.